The van der Waals surface area contributed by atoms with Gasteiger partial charge < -0.3 is 9.47 Å². The first kappa shape index (κ1) is 13.0. The second-order valence-electron chi connectivity index (χ2n) is 4.30. The average molecular weight is 236 g/mol. The lowest BCUT2D eigenvalue weighted by Crippen LogP contribution is -2.27. The molecule has 0 aromatic carbocycles. The van der Waals surface area contributed by atoms with Crippen molar-refractivity contribution in [2.75, 3.05) is 5.32 Å². The zero-order chi connectivity index (χ0) is 12.9. The molecule has 1 N–H and O–H groups in total. The van der Waals surface area contributed by atoms with Gasteiger partial charge in [0.15, 0.2) is 0 Å². The number of hydrogen-bond acceptors (Lipinski definition) is 4. The van der Waals surface area contributed by atoms with Gasteiger partial charge in [-0.2, -0.15) is 0 Å². The molecule has 5 heteroatoms. The molecular formula is C12H16N2O3. The molecule has 0 bridgehead atoms. The fourth-order valence-electron chi connectivity index (χ4n) is 1.03. The van der Waals surface area contributed by atoms with Crippen LogP contribution in [-0.4, -0.2) is 16.7 Å². The molecule has 1 heterocycles. The summed E-state index contributed by atoms with van der Waals surface area (Å²) in [7, 11) is 0. The Morgan fingerprint density at radius 1 is 1.47 bits per heavy atom. The molecule has 17 heavy (non-hydrogen) atoms. The SMILES string of the molecule is C=COc1ccc(NC(=O)OC(C)(C)C)cn1. The van der Waals surface area contributed by atoms with Crippen LogP contribution in [0.3, 0.4) is 0 Å². The van der Waals surface area contributed by atoms with E-state index in [0.29, 0.717) is 11.6 Å². The summed E-state index contributed by atoms with van der Waals surface area (Å²) in [5.41, 5.74) is 0.0132. The molecule has 92 valence electrons. The summed E-state index contributed by atoms with van der Waals surface area (Å²) in [5, 5.41) is 2.56. The highest BCUT2D eigenvalue weighted by atomic mass is 16.6. The number of anilines is 1. The van der Waals surface area contributed by atoms with Gasteiger partial charge in [-0.3, -0.25) is 5.32 Å². The van der Waals surface area contributed by atoms with Gasteiger partial charge in [0.25, 0.3) is 0 Å². The Bertz CT molecular complexity index is 393. The van der Waals surface area contributed by atoms with E-state index in [9.17, 15) is 4.79 Å². The van der Waals surface area contributed by atoms with Crippen molar-refractivity contribution in [3.8, 4) is 5.88 Å². The lowest BCUT2D eigenvalue weighted by molar-refractivity contribution is 0.0636. The lowest BCUT2D eigenvalue weighted by Gasteiger charge is -2.19. The van der Waals surface area contributed by atoms with E-state index in [1.54, 1.807) is 32.9 Å². The summed E-state index contributed by atoms with van der Waals surface area (Å²) >= 11 is 0. The van der Waals surface area contributed by atoms with Crippen molar-refractivity contribution < 1.29 is 14.3 Å². The van der Waals surface area contributed by atoms with Gasteiger partial charge in [-0.1, -0.05) is 6.58 Å². The number of nitrogens with zero attached hydrogens (tertiary/aromatic N) is 1. The van der Waals surface area contributed by atoms with E-state index in [2.05, 4.69) is 16.9 Å². The Morgan fingerprint density at radius 2 is 2.18 bits per heavy atom. The number of pyridine rings is 1. The fourth-order valence-corrected chi connectivity index (χ4v) is 1.03. The normalized spacial score (nSPS) is 10.5. The molecule has 0 fully saturated rings. The molecule has 0 aliphatic rings. The largest absolute Gasteiger partial charge is 0.447 e. The van der Waals surface area contributed by atoms with Gasteiger partial charge in [0, 0.05) is 6.07 Å². The van der Waals surface area contributed by atoms with Crippen molar-refractivity contribution >= 4 is 11.8 Å². The summed E-state index contributed by atoms with van der Waals surface area (Å²) < 4.78 is 10.0. The van der Waals surface area contributed by atoms with Crippen LogP contribution in [0.5, 0.6) is 5.88 Å². The maximum Gasteiger partial charge on any atom is 0.412 e. The summed E-state index contributed by atoms with van der Waals surface area (Å²) in [5.74, 6) is 0.412. The number of amides is 1. The molecule has 0 aliphatic carbocycles. The molecule has 0 unspecified atom stereocenters. The highest BCUT2D eigenvalue weighted by Gasteiger charge is 2.16. The van der Waals surface area contributed by atoms with Crippen LogP contribution in [0.25, 0.3) is 0 Å². The molecule has 0 spiro atoms. The van der Waals surface area contributed by atoms with Crippen molar-refractivity contribution in [1.29, 1.82) is 0 Å². The molecule has 0 saturated heterocycles. The van der Waals surface area contributed by atoms with Crippen LogP contribution >= 0.6 is 0 Å². The topological polar surface area (TPSA) is 60.5 Å². The maximum atomic E-state index is 11.4. The second-order valence-corrected chi connectivity index (χ2v) is 4.30. The number of nitrogens with one attached hydrogen (secondary N) is 1. The van der Waals surface area contributed by atoms with Crippen LogP contribution in [0.4, 0.5) is 10.5 Å². The van der Waals surface area contributed by atoms with Crippen molar-refractivity contribution in [2.45, 2.75) is 26.4 Å². The van der Waals surface area contributed by atoms with Crippen molar-refractivity contribution in [3.63, 3.8) is 0 Å². The Hall–Kier alpha value is -2.04. The summed E-state index contributed by atoms with van der Waals surface area (Å²) in [6, 6.07) is 3.28. The highest BCUT2D eigenvalue weighted by Crippen LogP contribution is 2.13. The van der Waals surface area contributed by atoms with Gasteiger partial charge in [-0.05, 0) is 26.8 Å². The third-order valence-electron chi connectivity index (χ3n) is 1.59. The van der Waals surface area contributed by atoms with Crippen LogP contribution in [0, 0.1) is 0 Å². The number of carbonyl (C=O) groups excluding carboxylic acids is 1. The number of rotatable bonds is 3. The van der Waals surface area contributed by atoms with Crippen LogP contribution in [0.15, 0.2) is 31.2 Å². The van der Waals surface area contributed by atoms with Crippen LogP contribution in [-0.2, 0) is 4.74 Å². The van der Waals surface area contributed by atoms with E-state index in [1.807, 2.05) is 0 Å². The van der Waals surface area contributed by atoms with Gasteiger partial charge in [0.05, 0.1) is 18.1 Å². The first-order valence-corrected chi connectivity index (χ1v) is 5.14. The van der Waals surface area contributed by atoms with Crippen molar-refractivity contribution in [1.82, 2.24) is 4.98 Å². The fraction of sp³-hybridized carbons (Fsp3) is 0.333. The molecule has 1 rings (SSSR count). The summed E-state index contributed by atoms with van der Waals surface area (Å²) in [4.78, 5) is 15.4. The monoisotopic (exact) mass is 236 g/mol. The predicted molar refractivity (Wildman–Crippen MR) is 64.9 cm³/mol. The second kappa shape index (κ2) is 5.34. The smallest absolute Gasteiger partial charge is 0.412 e. The van der Waals surface area contributed by atoms with Crippen LogP contribution < -0.4 is 10.1 Å². The minimum atomic E-state index is -0.524. The summed E-state index contributed by atoms with van der Waals surface area (Å²) in [6.07, 6.45) is 2.24. The zero-order valence-corrected chi connectivity index (χ0v) is 10.2. The minimum Gasteiger partial charge on any atom is -0.447 e. The number of carbonyl (C=O) groups is 1. The first-order valence-electron chi connectivity index (χ1n) is 5.14. The van der Waals surface area contributed by atoms with Gasteiger partial charge in [-0.25, -0.2) is 9.78 Å². The Labute approximate surface area is 100 Å². The Kier molecular flexibility index (Phi) is 4.09. The van der Waals surface area contributed by atoms with E-state index >= 15 is 0 Å². The van der Waals surface area contributed by atoms with Gasteiger partial charge in [0.2, 0.25) is 5.88 Å². The molecule has 1 aromatic heterocycles. The average Bonchev–Trinajstić information content (AvgIpc) is 2.18. The minimum absolute atomic E-state index is 0.412. The highest BCUT2D eigenvalue weighted by molar-refractivity contribution is 5.84. The van der Waals surface area contributed by atoms with E-state index in [0.717, 1.165) is 0 Å². The lowest BCUT2D eigenvalue weighted by atomic mass is 10.2. The zero-order valence-electron chi connectivity index (χ0n) is 10.2. The third kappa shape index (κ3) is 5.01. The molecule has 0 aliphatic heterocycles. The maximum absolute atomic E-state index is 11.4. The number of aromatic nitrogens is 1. The first-order chi connectivity index (χ1) is 7.90. The molecule has 5 nitrogen and oxygen atoms in total. The molecule has 1 amide bonds. The molecule has 0 atom stereocenters. The van der Waals surface area contributed by atoms with Crippen molar-refractivity contribution in [3.05, 3.63) is 31.2 Å². The molecule has 0 saturated carbocycles. The molecule has 1 aromatic rings. The van der Waals surface area contributed by atoms with Gasteiger partial charge >= 0.3 is 6.09 Å². The standard InChI is InChI=1S/C12H16N2O3/c1-5-16-10-7-6-9(8-13-10)14-11(15)17-12(2,3)4/h5-8H,1H2,2-4H3,(H,14,15). The quantitative estimate of drug-likeness (QED) is 0.819. The van der Waals surface area contributed by atoms with Gasteiger partial charge in [0.1, 0.15) is 5.60 Å². The Balaban J connectivity index is 2.57. The van der Waals surface area contributed by atoms with E-state index in [-0.39, 0.29) is 0 Å². The van der Waals surface area contributed by atoms with Crippen LogP contribution in [0.2, 0.25) is 0 Å². The van der Waals surface area contributed by atoms with Gasteiger partial charge in [-0.15, -0.1) is 0 Å². The third-order valence-corrected chi connectivity index (χ3v) is 1.59. The molecule has 0 radical (unpaired) electrons. The van der Waals surface area contributed by atoms with Crippen LogP contribution in [0.1, 0.15) is 20.8 Å². The molecular weight excluding hydrogens is 220 g/mol. The van der Waals surface area contributed by atoms with Crippen molar-refractivity contribution in [2.24, 2.45) is 0 Å². The number of hydrogen-bond donors (Lipinski definition) is 1. The Morgan fingerprint density at radius 3 is 2.65 bits per heavy atom. The predicted octanol–water partition coefficient (Wildman–Crippen LogP) is 2.95. The van der Waals surface area contributed by atoms with E-state index in [4.69, 9.17) is 9.47 Å². The van der Waals surface area contributed by atoms with E-state index in [1.165, 1.54) is 12.5 Å². The number of ether oxygens (including phenoxy) is 2. The van der Waals surface area contributed by atoms with E-state index < -0.39 is 11.7 Å². The summed E-state index contributed by atoms with van der Waals surface area (Å²) in [6.45, 7) is 8.81.